The van der Waals surface area contributed by atoms with Gasteiger partial charge < -0.3 is 5.32 Å². The monoisotopic (exact) mass is 268 g/mol. The van der Waals surface area contributed by atoms with E-state index in [1.165, 1.54) is 4.88 Å². The number of nitrogens with zero attached hydrogens (tertiary/aromatic N) is 1. The first kappa shape index (κ1) is 13.0. The van der Waals surface area contributed by atoms with Gasteiger partial charge in [-0.05, 0) is 23.8 Å². The Morgan fingerprint density at radius 3 is 2.88 bits per heavy atom. The van der Waals surface area contributed by atoms with Crippen molar-refractivity contribution in [3.63, 3.8) is 0 Å². The molecular formula is C13H20N2S2. The zero-order chi connectivity index (χ0) is 12.3. The van der Waals surface area contributed by atoms with Crippen LogP contribution in [0.4, 0.5) is 0 Å². The summed E-state index contributed by atoms with van der Waals surface area (Å²) in [7, 11) is 0. The molecule has 0 fully saturated rings. The van der Waals surface area contributed by atoms with Crippen LogP contribution in [0.3, 0.4) is 0 Å². The average Bonchev–Trinajstić information content (AvgIpc) is 2.96. The Kier molecular flexibility index (Phi) is 4.51. The van der Waals surface area contributed by atoms with Crippen LogP contribution in [0.25, 0.3) is 0 Å². The standard InChI is InChI=1S/C13H20N2S2/c1-4-10(12-6-5-7-16-12)14-13-15-11(8-17-13)9(2)3/h5-7,9-11H,4,8H2,1-3H3,(H,14,15)/t10?,11-/m1/s1. The van der Waals surface area contributed by atoms with E-state index in [4.69, 9.17) is 4.99 Å². The molecule has 4 heteroatoms. The molecule has 0 aliphatic carbocycles. The average molecular weight is 268 g/mol. The molecule has 17 heavy (non-hydrogen) atoms. The molecule has 0 amide bonds. The molecule has 1 aliphatic heterocycles. The van der Waals surface area contributed by atoms with Crippen molar-refractivity contribution in [1.29, 1.82) is 0 Å². The molecule has 0 bridgehead atoms. The molecule has 1 N–H and O–H groups in total. The van der Waals surface area contributed by atoms with Crippen molar-refractivity contribution in [1.82, 2.24) is 5.32 Å². The SMILES string of the molecule is CCC(NC1=N[C@@H](C(C)C)CS1)c1cccs1. The van der Waals surface area contributed by atoms with Crippen molar-refractivity contribution in [2.24, 2.45) is 10.9 Å². The van der Waals surface area contributed by atoms with Crippen LogP contribution in [0.1, 0.15) is 38.1 Å². The van der Waals surface area contributed by atoms with Crippen LogP contribution in [0.5, 0.6) is 0 Å². The van der Waals surface area contributed by atoms with Crippen LogP contribution >= 0.6 is 23.1 Å². The van der Waals surface area contributed by atoms with Crippen LogP contribution in [-0.2, 0) is 0 Å². The quantitative estimate of drug-likeness (QED) is 0.895. The summed E-state index contributed by atoms with van der Waals surface area (Å²) >= 11 is 3.68. The van der Waals surface area contributed by atoms with E-state index >= 15 is 0 Å². The van der Waals surface area contributed by atoms with Gasteiger partial charge in [-0.2, -0.15) is 0 Å². The predicted molar refractivity (Wildman–Crippen MR) is 79.0 cm³/mol. The lowest BCUT2D eigenvalue weighted by molar-refractivity contribution is 0.540. The van der Waals surface area contributed by atoms with Crippen molar-refractivity contribution >= 4 is 28.3 Å². The minimum atomic E-state index is 0.423. The molecule has 2 nitrogen and oxygen atoms in total. The highest BCUT2D eigenvalue weighted by atomic mass is 32.2. The van der Waals surface area contributed by atoms with E-state index in [0.29, 0.717) is 18.0 Å². The number of aliphatic imine (C=N–C) groups is 1. The largest absolute Gasteiger partial charge is 0.357 e. The van der Waals surface area contributed by atoms with Crippen LogP contribution < -0.4 is 5.32 Å². The number of hydrogen-bond donors (Lipinski definition) is 1. The zero-order valence-electron chi connectivity index (χ0n) is 10.6. The third kappa shape index (κ3) is 3.26. The maximum Gasteiger partial charge on any atom is 0.157 e. The Balaban J connectivity index is 1.98. The summed E-state index contributed by atoms with van der Waals surface area (Å²) in [6.07, 6.45) is 1.10. The molecule has 0 aromatic carbocycles. The van der Waals surface area contributed by atoms with E-state index in [-0.39, 0.29) is 0 Å². The summed E-state index contributed by atoms with van der Waals surface area (Å²) in [5.74, 6) is 1.77. The highest BCUT2D eigenvalue weighted by Crippen LogP contribution is 2.26. The molecule has 2 atom stereocenters. The first-order valence-corrected chi connectivity index (χ1v) is 8.07. The Morgan fingerprint density at radius 2 is 2.35 bits per heavy atom. The molecule has 2 rings (SSSR count). The van der Waals surface area contributed by atoms with Gasteiger partial charge in [0, 0.05) is 10.6 Å². The highest BCUT2D eigenvalue weighted by molar-refractivity contribution is 8.14. The van der Waals surface area contributed by atoms with Gasteiger partial charge in [-0.25, -0.2) is 0 Å². The van der Waals surface area contributed by atoms with E-state index < -0.39 is 0 Å². The Labute approximate surface area is 112 Å². The maximum absolute atomic E-state index is 4.76. The summed E-state index contributed by atoms with van der Waals surface area (Å²) in [5, 5.41) is 6.84. The summed E-state index contributed by atoms with van der Waals surface area (Å²) in [6, 6.07) is 5.23. The minimum absolute atomic E-state index is 0.423. The molecule has 1 aromatic rings. The second kappa shape index (κ2) is 5.91. The van der Waals surface area contributed by atoms with E-state index in [1.807, 2.05) is 23.1 Å². The Hall–Kier alpha value is -0.480. The number of thiophene rings is 1. The van der Waals surface area contributed by atoms with Gasteiger partial charge in [0.2, 0.25) is 0 Å². The highest BCUT2D eigenvalue weighted by Gasteiger charge is 2.23. The minimum Gasteiger partial charge on any atom is -0.357 e. The molecule has 0 saturated carbocycles. The molecular weight excluding hydrogens is 248 g/mol. The predicted octanol–water partition coefficient (Wildman–Crippen LogP) is 3.92. The van der Waals surface area contributed by atoms with Gasteiger partial charge in [-0.1, -0.05) is 38.6 Å². The molecule has 94 valence electrons. The van der Waals surface area contributed by atoms with Gasteiger partial charge in [0.15, 0.2) is 5.17 Å². The van der Waals surface area contributed by atoms with Gasteiger partial charge in [-0.15, -0.1) is 11.3 Å². The summed E-state index contributed by atoms with van der Waals surface area (Å²) in [4.78, 5) is 6.16. The fraction of sp³-hybridized carbons (Fsp3) is 0.615. The topological polar surface area (TPSA) is 24.4 Å². The molecule has 1 unspecified atom stereocenters. The molecule has 0 radical (unpaired) electrons. The van der Waals surface area contributed by atoms with Crippen molar-refractivity contribution in [3.05, 3.63) is 22.4 Å². The number of hydrogen-bond acceptors (Lipinski definition) is 4. The normalized spacial score (nSPS) is 21.6. The van der Waals surface area contributed by atoms with Gasteiger partial charge in [0.25, 0.3) is 0 Å². The first-order chi connectivity index (χ1) is 8.20. The third-order valence-electron chi connectivity index (χ3n) is 3.04. The Bertz CT molecular complexity index is 371. The number of nitrogens with one attached hydrogen (secondary N) is 1. The molecule has 2 heterocycles. The molecule has 0 saturated heterocycles. The van der Waals surface area contributed by atoms with Crippen LogP contribution in [0, 0.1) is 5.92 Å². The van der Waals surface area contributed by atoms with Gasteiger partial charge in [0.05, 0.1) is 12.1 Å². The van der Waals surface area contributed by atoms with Crippen LogP contribution in [0.15, 0.2) is 22.5 Å². The number of amidine groups is 1. The van der Waals surface area contributed by atoms with Crippen molar-refractivity contribution in [2.45, 2.75) is 39.3 Å². The van der Waals surface area contributed by atoms with E-state index in [1.54, 1.807) is 0 Å². The summed E-state index contributed by atoms with van der Waals surface area (Å²) < 4.78 is 0. The smallest absolute Gasteiger partial charge is 0.157 e. The van der Waals surface area contributed by atoms with Gasteiger partial charge in [0.1, 0.15) is 0 Å². The van der Waals surface area contributed by atoms with E-state index in [9.17, 15) is 0 Å². The van der Waals surface area contributed by atoms with Gasteiger partial charge in [-0.3, -0.25) is 4.99 Å². The fourth-order valence-corrected chi connectivity index (χ4v) is 3.91. The summed E-state index contributed by atoms with van der Waals surface area (Å²) in [6.45, 7) is 6.71. The van der Waals surface area contributed by atoms with Crippen LogP contribution in [-0.4, -0.2) is 17.0 Å². The Morgan fingerprint density at radius 1 is 1.53 bits per heavy atom. The van der Waals surface area contributed by atoms with Crippen LogP contribution in [0.2, 0.25) is 0 Å². The third-order valence-corrected chi connectivity index (χ3v) is 5.03. The lowest BCUT2D eigenvalue weighted by Gasteiger charge is -2.15. The van der Waals surface area contributed by atoms with Crippen molar-refractivity contribution in [3.8, 4) is 0 Å². The summed E-state index contributed by atoms with van der Waals surface area (Å²) in [5.41, 5.74) is 0. The maximum atomic E-state index is 4.76. The molecule has 1 aliphatic rings. The fourth-order valence-electron chi connectivity index (χ4n) is 1.82. The van der Waals surface area contributed by atoms with Gasteiger partial charge >= 0.3 is 0 Å². The second-order valence-corrected chi connectivity index (χ2v) is 6.67. The lowest BCUT2D eigenvalue weighted by Crippen LogP contribution is -2.24. The molecule has 0 spiro atoms. The van der Waals surface area contributed by atoms with E-state index in [2.05, 4.69) is 43.6 Å². The molecule has 1 aromatic heterocycles. The van der Waals surface area contributed by atoms with Crippen molar-refractivity contribution < 1.29 is 0 Å². The van der Waals surface area contributed by atoms with Crippen molar-refractivity contribution in [2.75, 3.05) is 5.75 Å². The number of rotatable bonds is 4. The second-order valence-electron chi connectivity index (χ2n) is 4.68. The lowest BCUT2D eigenvalue weighted by atomic mass is 10.1. The number of thioether (sulfide) groups is 1. The first-order valence-electron chi connectivity index (χ1n) is 6.21. The van der Waals surface area contributed by atoms with E-state index in [0.717, 1.165) is 17.3 Å². The zero-order valence-corrected chi connectivity index (χ0v) is 12.3.